The van der Waals surface area contributed by atoms with E-state index in [9.17, 15) is 4.79 Å². The van der Waals surface area contributed by atoms with Gasteiger partial charge in [0.1, 0.15) is 0 Å². The van der Waals surface area contributed by atoms with Crippen LogP contribution in [0.1, 0.15) is 63.3 Å². The molecule has 92 valence electrons. The number of nitrogens with zero attached hydrogens (tertiary/aromatic N) is 1. The average Bonchev–Trinajstić information content (AvgIpc) is 2.48. The Hall–Kier alpha value is -0.990. The van der Waals surface area contributed by atoms with Crippen LogP contribution in [0.15, 0.2) is 4.79 Å². The first-order valence-electron chi connectivity index (χ1n) is 6.33. The van der Waals surface area contributed by atoms with Gasteiger partial charge < -0.3 is 4.98 Å². The molecule has 1 heterocycles. The van der Waals surface area contributed by atoms with Crippen molar-refractivity contribution in [1.29, 1.82) is 0 Å². The molecule has 0 amide bonds. The Balaban J connectivity index is 2.59. The number of H-pyrrole nitrogens is 1. The fourth-order valence-corrected chi connectivity index (χ4v) is 2.38. The zero-order valence-electron chi connectivity index (χ0n) is 11.0. The van der Waals surface area contributed by atoms with Crippen molar-refractivity contribution in [3.8, 4) is 0 Å². The predicted molar refractivity (Wildman–Crippen MR) is 67.9 cm³/mol. The first kappa shape index (κ1) is 13.1. The summed E-state index contributed by atoms with van der Waals surface area (Å²) in [5.41, 5.74) is 2.20. The Kier molecular flexibility index (Phi) is 4.84. The van der Waals surface area contributed by atoms with E-state index in [1.165, 1.54) is 37.8 Å². The quantitative estimate of drug-likeness (QED) is 0.741. The highest BCUT2D eigenvalue weighted by atomic mass is 16.1. The molecule has 1 aromatic heterocycles. The van der Waals surface area contributed by atoms with Gasteiger partial charge in [0.25, 0.3) is 0 Å². The molecule has 0 saturated heterocycles. The van der Waals surface area contributed by atoms with Crippen LogP contribution in [0.5, 0.6) is 0 Å². The first-order chi connectivity index (χ1) is 7.57. The third-order valence-corrected chi connectivity index (χ3v) is 3.30. The molecule has 3 heteroatoms. The number of aromatic amines is 1. The van der Waals surface area contributed by atoms with E-state index in [1.807, 2.05) is 14.0 Å². The number of unbranched alkanes of at least 4 members (excludes halogenated alkanes) is 3. The molecule has 0 bridgehead atoms. The molecule has 0 radical (unpaired) electrons. The van der Waals surface area contributed by atoms with Crippen molar-refractivity contribution in [2.45, 2.75) is 58.8 Å². The largest absolute Gasteiger partial charge is 0.325 e. The fraction of sp³-hybridized carbons (Fsp3) is 0.769. The predicted octanol–water partition coefficient (Wildman–Crippen LogP) is 3.10. The molecule has 1 rings (SSSR count). The summed E-state index contributed by atoms with van der Waals surface area (Å²) in [6.45, 7) is 6.42. The number of hydrogen-bond donors (Lipinski definition) is 1. The van der Waals surface area contributed by atoms with E-state index in [2.05, 4.69) is 18.8 Å². The van der Waals surface area contributed by atoms with E-state index in [-0.39, 0.29) is 5.69 Å². The topological polar surface area (TPSA) is 37.8 Å². The Morgan fingerprint density at radius 2 is 2.00 bits per heavy atom. The van der Waals surface area contributed by atoms with Crippen LogP contribution in [0, 0.1) is 6.92 Å². The lowest BCUT2D eigenvalue weighted by atomic mass is 9.98. The monoisotopic (exact) mass is 224 g/mol. The lowest BCUT2D eigenvalue weighted by molar-refractivity contribution is 0.556. The van der Waals surface area contributed by atoms with Crippen molar-refractivity contribution in [2.75, 3.05) is 0 Å². The Bertz CT molecular complexity index is 376. The van der Waals surface area contributed by atoms with Crippen molar-refractivity contribution >= 4 is 0 Å². The molecule has 3 nitrogen and oxygen atoms in total. The van der Waals surface area contributed by atoms with Crippen molar-refractivity contribution in [2.24, 2.45) is 7.05 Å². The van der Waals surface area contributed by atoms with Gasteiger partial charge in [-0.05, 0) is 19.3 Å². The van der Waals surface area contributed by atoms with Crippen molar-refractivity contribution < 1.29 is 0 Å². The van der Waals surface area contributed by atoms with E-state index in [0.717, 1.165) is 5.69 Å². The standard InChI is InChI=1S/C13H24N2O/c1-5-6-7-8-9-10(2)12-11(3)14-13(16)15(12)4/h10H,5-9H2,1-4H3,(H,14,16). The molecular formula is C13H24N2O. The maximum absolute atomic E-state index is 11.4. The number of nitrogens with one attached hydrogen (secondary N) is 1. The van der Waals surface area contributed by atoms with Crippen LogP contribution < -0.4 is 5.69 Å². The maximum Gasteiger partial charge on any atom is 0.325 e. The third kappa shape index (κ3) is 3.00. The van der Waals surface area contributed by atoms with Crippen LogP contribution >= 0.6 is 0 Å². The maximum atomic E-state index is 11.4. The molecule has 0 aliphatic heterocycles. The summed E-state index contributed by atoms with van der Waals surface area (Å²) >= 11 is 0. The minimum absolute atomic E-state index is 0.00732. The molecule has 0 spiro atoms. The van der Waals surface area contributed by atoms with Crippen LogP contribution in [0.4, 0.5) is 0 Å². The van der Waals surface area contributed by atoms with Gasteiger partial charge in [-0.3, -0.25) is 4.57 Å². The summed E-state index contributed by atoms with van der Waals surface area (Å²) in [4.78, 5) is 14.3. The van der Waals surface area contributed by atoms with Gasteiger partial charge in [-0.25, -0.2) is 4.79 Å². The zero-order valence-corrected chi connectivity index (χ0v) is 11.0. The van der Waals surface area contributed by atoms with Crippen molar-refractivity contribution in [3.63, 3.8) is 0 Å². The third-order valence-electron chi connectivity index (χ3n) is 3.30. The molecule has 0 saturated carbocycles. The van der Waals surface area contributed by atoms with Crippen LogP contribution in [0.3, 0.4) is 0 Å². The van der Waals surface area contributed by atoms with Crippen LogP contribution in [-0.2, 0) is 7.05 Å². The second-order valence-corrected chi connectivity index (χ2v) is 4.75. The molecule has 0 aliphatic rings. The number of rotatable bonds is 6. The van der Waals surface area contributed by atoms with Gasteiger partial charge >= 0.3 is 5.69 Å². The Labute approximate surface area is 97.9 Å². The molecule has 1 N–H and O–H groups in total. The highest BCUT2D eigenvalue weighted by molar-refractivity contribution is 5.15. The lowest BCUT2D eigenvalue weighted by Gasteiger charge is -2.12. The number of imidazole rings is 1. The SMILES string of the molecule is CCCCCCC(C)c1c(C)[nH]c(=O)n1C. The second-order valence-electron chi connectivity index (χ2n) is 4.75. The molecule has 0 aliphatic carbocycles. The minimum Gasteiger partial charge on any atom is -0.310 e. The minimum atomic E-state index is 0.00732. The van der Waals surface area contributed by atoms with E-state index in [0.29, 0.717) is 5.92 Å². The highest BCUT2D eigenvalue weighted by Gasteiger charge is 2.14. The van der Waals surface area contributed by atoms with Crippen LogP contribution in [0.2, 0.25) is 0 Å². The van der Waals surface area contributed by atoms with E-state index in [4.69, 9.17) is 0 Å². The molecule has 1 atom stereocenters. The lowest BCUT2D eigenvalue weighted by Crippen LogP contribution is -2.15. The molecule has 0 aromatic carbocycles. The van der Waals surface area contributed by atoms with Crippen LogP contribution in [0.25, 0.3) is 0 Å². The summed E-state index contributed by atoms with van der Waals surface area (Å²) in [7, 11) is 1.85. The zero-order chi connectivity index (χ0) is 12.1. The molecule has 16 heavy (non-hydrogen) atoms. The Morgan fingerprint density at radius 1 is 1.31 bits per heavy atom. The highest BCUT2D eigenvalue weighted by Crippen LogP contribution is 2.22. The van der Waals surface area contributed by atoms with E-state index < -0.39 is 0 Å². The molecular weight excluding hydrogens is 200 g/mol. The molecule has 0 fully saturated rings. The van der Waals surface area contributed by atoms with Gasteiger partial charge in [0.05, 0.1) is 0 Å². The van der Waals surface area contributed by atoms with Gasteiger partial charge in [0.15, 0.2) is 0 Å². The normalized spacial score (nSPS) is 13.0. The fourth-order valence-electron chi connectivity index (χ4n) is 2.38. The van der Waals surface area contributed by atoms with Gasteiger partial charge in [-0.2, -0.15) is 0 Å². The summed E-state index contributed by atoms with van der Waals surface area (Å²) in [5.74, 6) is 0.473. The van der Waals surface area contributed by atoms with Gasteiger partial charge in [0.2, 0.25) is 0 Å². The molecule has 1 unspecified atom stereocenters. The summed E-state index contributed by atoms with van der Waals surface area (Å²) < 4.78 is 1.75. The van der Waals surface area contributed by atoms with Gasteiger partial charge in [0, 0.05) is 18.4 Å². The first-order valence-corrected chi connectivity index (χ1v) is 6.33. The number of aryl methyl sites for hydroxylation is 1. The van der Waals surface area contributed by atoms with Crippen molar-refractivity contribution in [3.05, 3.63) is 21.9 Å². The van der Waals surface area contributed by atoms with E-state index in [1.54, 1.807) is 4.57 Å². The summed E-state index contributed by atoms with van der Waals surface area (Å²) in [6, 6.07) is 0. The van der Waals surface area contributed by atoms with Gasteiger partial charge in [-0.15, -0.1) is 0 Å². The smallest absolute Gasteiger partial charge is 0.310 e. The number of aromatic nitrogens is 2. The number of hydrogen-bond acceptors (Lipinski definition) is 1. The summed E-state index contributed by atoms with van der Waals surface area (Å²) in [5, 5.41) is 0. The Morgan fingerprint density at radius 3 is 2.50 bits per heavy atom. The second kappa shape index (κ2) is 5.92. The summed E-state index contributed by atoms with van der Waals surface area (Å²) in [6.07, 6.45) is 6.33. The van der Waals surface area contributed by atoms with Crippen molar-refractivity contribution in [1.82, 2.24) is 9.55 Å². The van der Waals surface area contributed by atoms with Crippen LogP contribution in [-0.4, -0.2) is 9.55 Å². The van der Waals surface area contributed by atoms with E-state index >= 15 is 0 Å². The molecule has 1 aromatic rings. The van der Waals surface area contributed by atoms with Gasteiger partial charge in [-0.1, -0.05) is 39.5 Å². The average molecular weight is 224 g/mol.